The highest BCUT2D eigenvalue weighted by molar-refractivity contribution is 7.21. The Labute approximate surface area is 224 Å². The quantitative estimate of drug-likeness (QED) is 0.312. The third-order valence-electron chi connectivity index (χ3n) is 6.30. The van der Waals surface area contributed by atoms with Crippen LogP contribution in [0.25, 0.3) is 21.3 Å². The fraction of sp³-hybridized carbons (Fsp3) is 0.375. The first-order valence-electron chi connectivity index (χ1n) is 11.6. The zero-order valence-electron chi connectivity index (χ0n) is 21.2. The van der Waals surface area contributed by atoms with E-state index < -0.39 is 29.6 Å². The van der Waals surface area contributed by atoms with Crippen LogP contribution in [0.5, 0.6) is 0 Å². The first-order chi connectivity index (χ1) is 17.7. The molecule has 0 bridgehead atoms. The van der Waals surface area contributed by atoms with Crippen LogP contribution >= 0.6 is 22.9 Å². The number of nitrogens with one attached hydrogen (secondary N) is 1. The Bertz CT molecular complexity index is 1570. The van der Waals surface area contributed by atoms with Crippen molar-refractivity contribution in [1.82, 2.24) is 24.5 Å². The number of fused-ring (bicyclic) bond motifs is 1. The Morgan fingerprint density at radius 2 is 1.87 bits per heavy atom. The molecule has 0 aromatic carbocycles. The number of anilines is 1. The number of pyridine rings is 1. The molecule has 4 aromatic heterocycles. The van der Waals surface area contributed by atoms with E-state index in [1.807, 2.05) is 6.92 Å². The molecular weight excluding hydrogens is 543 g/mol. The molecule has 1 unspecified atom stereocenters. The highest BCUT2D eigenvalue weighted by atomic mass is 35.5. The average Bonchev–Trinajstić information content (AvgIpc) is 3.48. The SMILES string of the molecule is CCn1ncc(-c2cc(C(F)(F)F)nc3sc(C(N)=O)c(NC(=O)C(C)Cn4nc(C)c(Cl)c4C)c23)c1C. The van der Waals surface area contributed by atoms with E-state index in [0.29, 0.717) is 45.5 Å². The van der Waals surface area contributed by atoms with Gasteiger partial charge in [-0.2, -0.15) is 23.4 Å². The number of halogens is 4. The van der Waals surface area contributed by atoms with Crippen LogP contribution in [0.2, 0.25) is 5.02 Å². The molecule has 4 heterocycles. The monoisotopic (exact) mass is 567 g/mol. The lowest BCUT2D eigenvalue weighted by Gasteiger charge is -2.15. The van der Waals surface area contributed by atoms with E-state index in [1.165, 1.54) is 6.20 Å². The minimum atomic E-state index is -4.74. The van der Waals surface area contributed by atoms with Crippen LogP contribution in [-0.4, -0.2) is 36.4 Å². The number of rotatable bonds is 7. The fourth-order valence-corrected chi connectivity index (χ4v) is 5.36. The number of nitrogens with two attached hydrogens (primary N) is 1. The second kappa shape index (κ2) is 10.0. The van der Waals surface area contributed by atoms with Crippen LogP contribution in [0.15, 0.2) is 12.3 Å². The third-order valence-corrected chi connectivity index (χ3v) is 7.95. The third kappa shape index (κ3) is 4.87. The molecule has 0 saturated carbocycles. The summed E-state index contributed by atoms with van der Waals surface area (Å²) in [5.41, 5.74) is 6.95. The first kappa shape index (κ1) is 27.6. The van der Waals surface area contributed by atoms with Gasteiger partial charge >= 0.3 is 6.18 Å². The van der Waals surface area contributed by atoms with E-state index in [9.17, 15) is 22.8 Å². The average molecular weight is 568 g/mol. The van der Waals surface area contributed by atoms with E-state index in [2.05, 4.69) is 20.5 Å². The van der Waals surface area contributed by atoms with Crippen LogP contribution in [0.1, 0.15) is 46.3 Å². The number of thiophene rings is 1. The van der Waals surface area contributed by atoms with Gasteiger partial charge in [0.15, 0.2) is 0 Å². The Kier molecular flexibility index (Phi) is 7.28. The van der Waals surface area contributed by atoms with E-state index in [4.69, 9.17) is 17.3 Å². The lowest BCUT2D eigenvalue weighted by Crippen LogP contribution is -2.26. The molecule has 0 aliphatic heterocycles. The summed E-state index contributed by atoms with van der Waals surface area (Å²) in [5, 5.41) is 12.0. The molecule has 1 atom stereocenters. The van der Waals surface area contributed by atoms with E-state index in [1.54, 1.807) is 37.1 Å². The van der Waals surface area contributed by atoms with Crippen molar-refractivity contribution in [3.63, 3.8) is 0 Å². The van der Waals surface area contributed by atoms with Crippen molar-refractivity contribution in [1.29, 1.82) is 0 Å². The van der Waals surface area contributed by atoms with Gasteiger partial charge < -0.3 is 11.1 Å². The number of primary amides is 1. The molecule has 4 aromatic rings. The molecule has 4 rings (SSSR count). The maximum atomic E-state index is 13.8. The summed E-state index contributed by atoms with van der Waals surface area (Å²) in [5.74, 6) is -2.03. The van der Waals surface area contributed by atoms with Crippen molar-refractivity contribution < 1.29 is 22.8 Å². The van der Waals surface area contributed by atoms with Crippen molar-refractivity contribution >= 4 is 50.7 Å². The van der Waals surface area contributed by atoms with E-state index in [0.717, 1.165) is 6.07 Å². The smallest absolute Gasteiger partial charge is 0.365 e. The Balaban J connectivity index is 1.86. The van der Waals surface area contributed by atoms with Gasteiger partial charge in [-0.15, -0.1) is 11.3 Å². The lowest BCUT2D eigenvalue weighted by atomic mass is 10.0. The van der Waals surface area contributed by atoms with Gasteiger partial charge in [-0.1, -0.05) is 18.5 Å². The number of hydrogen-bond acceptors (Lipinski definition) is 6. The Morgan fingerprint density at radius 1 is 1.18 bits per heavy atom. The highest BCUT2D eigenvalue weighted by Crippen LogP contribution is 2.44. The van der Waals surface area contributed by atoms with Gasteiger partial charge in [-0.3, -0.25) is 19.0 Å². The predicted octanol–water partition coefficient (Wildman–Crippen LogP) is 5.35. The number of aromatic nitrogens is 5. The number of aryl methyl sites for hydroxylation is 2. The van der Waals surface area contributed by atoms with Crippen molar-refractivity contribution in [3.8, 4) is 11.1 Å². The number of amides is 2. The summed E-state index contributed by atoms with van der Waals surface area (Å²) < 4.78 is 44.6. The summed E-state index contributed by atoms with van der Waals surface area (Å²) in [7, 11) is 0. The van der Waals surface area contributed by atoms with Gasteiger partial charge in [0.1, 0.15) is 15.4 Å². The van der Waals surface area contributed by atoms with E-state index >= 15 is 0 Å². The molecule has 38 heavy (non-hydrogen) atoms. The van der Waals surface area contributed by atoms with Gasteiger partial charge in [0.05, 0.1) is 40.8 Å². The molecular formula is C24H25ClF3N7O2S. The first-order valence-corrected chi connectivity index (χ1v) is 12.8. The zero-order chi connectivity index (χ0) is 28.1. The van der Waals surface area contributed by atoms with Crippen LogP contribution in [-0.2, 0) is 24.1 Å². The van der Waals surface area contributed by atoms with Crippen LogP contribution in [0.3, 0.4) is 0 Å². The fourth-order valence-electron chi connectivity index (χ4n) is 4.22. The molecule has 2 amide bonds. The minimum absolute atomic E-state index is 0.0145. The van der Waals surface area contributed by atoms with Gasteiger partial charge in [0.2, 0.25) is 5.91 Å². The lowest BCUT2D eigenvalue weighted by molar-refractivity contribution is -0.140. The van der Waals surface area contributed by atoms with Gasteiger partial charge in [-0.25, -0.2) is 4.98 Å². The topological polar surface area (TPSA) is 121 Å². The molecule has 9 nitrogen and oxygen atoms in total. The largest absolute Gasteiger partial charge is 0.433 e. The molecule has 0 aliphatic carbocycles. The standard InChI is InChI=1S/C24H25ClF3N7O2S/c1-6-34-12(4)15(8-30-34)14-7-16(24(26,27)28)31-23-17(14)19(20(38-23)21(29)36)32-22(37)10(2)9-35-13(5)18(25)11(3)33-35/h7-8,10H,6,9H2,1-5H3,(H2,29,36)(H,32,37). The maximum Gasteiger partial charge on any atom is 0.433 e. The molecule has 0 radical (unpaired) electrons. The van der Waals surface area contributed by atoms with Crippen LogP contribution < -0.4 is 11.1 Å². The number of nitrogens with zero attached hydrogens (tertiary/aromatic N) is 5. The molecule has 0 saturated heterocycles. The highest BCUT2D eigenvalue weighted by Gasteiger charge is 2.35. The van der Waals surface area contributed by atoms with Crippen molar-refractivity contribution in [2.75, 3.05) is 5.32 Å². The zero-order valence-corrected chi connectivity index (χ0v) is 22.8. The molecule has 14 heteroatoms. The molecule has 0 aliphatic rings. The second-order valence-electron chi connectivity index (χ2n) is 8.92. The summed E-state index contributed by atoms with van der Waals surface area (Å²) in [6.45, 7) is 9.46. The molecule has 0 fully saturated rings. The minimum Gasteiger partial charge on any atom is -0.365 e. The van der Waals surface area contributed by atoms with Crippen molar-refractivity contribution in [2.45, 2.75) is 53.9 Å². The van der Waals surface area contributed by atoms with Crippen LogP contribution in [0, 0.1) is 26.7 Å². The summed E-state index contributed by atoms with van der Waals surface area (Å²) >= 11 is 6.91. The summed E-state index contributed by atoms with van der Waals surface area (Å²) in [6.07, 6.45) is -3.29. The Hall–Kier alpha value is -3.45. The molecule has 0 spiro atoms. The van der Waals surface area contributed by atoms with Gasteiger partial charge in [-0.05, 0) is 39.3 Å². The van der Waals surface area contributed by atoms with Gasteiger partial charge in [0, 0.05) is 23.2 Å². The predicted molar refractivity (Wildman–Crippen MR) is 139 cm³/mol. The number of carbonyl (C=O) groups is 2. The van der Waals surface area contributed by atoms with Crippen molar-refractivity contribution in [2.24, 2.45) is 11.7 Å². The molecule has 3 N–H and O–H groups in total. The van der Waals surface area contributed by atoms with E-state index in [-0.39, 0.29) is 32.9 Å². The second-order valence-corrected chi connectivity index (χ2v) is 10.3. The molecule has 202 valence electrons. The van der Waals surface area contributed by atoms with Crippen LogP contribution in [0.4, 0.5) is 18.9 Å². The maximum absolute atomic E-state index is 13.8. The number of hydrogen-bond donors (Lipinski definition) is 2. The normalized spacial score (nSPS) is 12.8. The number of carbonyl (C=O) groups excluding carboxylic acids is 2. The van der Waals surface area contributed by atoms with Crippen molar-refractivity contribution in [3.05, 3.63) is 44.9 Å². The Morgan fingerprint density at radius 3 is 2.39 bits per heavy atom. The van der Waals surface area contributed by atoms with Gasteiger partial charge in [0.25, 0.3) is 5.91 Å². The summed E-state index contributed by atoms with van der Waals surface area (Å²) in [6, 6.07) is 0.904. The summed E-state index contributed by atoms with van der Waals surface area (Å²) in [4.78, 5) is 29.2. The number of alkyl halides is 3.